The Labute approximate surface area is 101 Å². The fourth-order valence-corrected chi connectivity index (χ4v) is 3.02. The van der Waals surface area contributed by atoms with Gasteiger partial charge in [-0.1, -0.05) is 0 Å². The van der Waals surface area contributed by atoms with E-state index in [2.05, 4.69) is 20.9 Å². The van der Waals surface area contributed by atoms with Gasteiger partial charge in [0.15, 0.2) is 0 Å². The minimum Gasteiger partial charge on any atom is -0.383 e. The maximum absolute atomic E-state index is 10.2. The molecule has 15 heavy (non-hydrogen) atoms. The maximum atomic E-state index is 10.2. The molecule has 1 atom stereocenters. The number of pyridine rings is 1. The van der Waals surface area contributed by atoms with Crippen LogP contribution in [0.2, 0.25) is 0 Å². The van der Waals surface area contributed by atoms with Crippen molar-refractivity contribution >= 4 is 27.3 Å². The van der Waals surface area contributed by atoms with Crippen molar-refractivity contribution in [3.63, 3.8) is 0 Å². The summed E-state index contributed by atoms with van der Waals surface area (Å²) in [5, 5.41) is 12.2. The number of aryl methyl sites for hydroxylation is 1. The molecule has 0 spiro atoms. The van der Waals surface area contributed by atoms with Gasteiger partial charge in [-0.2, -0.15) is 0 Å². The van der Waals surface area contributed by atoms with E-state index >= 15 is 0 Å². The molecule has 2 nitrogen and oxygen atoms in total. The maximum Gasteiger partial charge on any atom is 0.115 e. The standard InChI is InChI=1S/C11H10BrNOS/c1-7-6-13-4-2-8(7)10(14)11-9(12)3-5-15-11/h2-6,10,14H,1H3. The third-order valence-electron chi connectivity index (χ3n) is 2.25. The Balaban J connectivity index is 2.41. The second-order valence-corrected chi connectivity index (χ2v) is 5.07. The predicted octanol–water partition coefficient (Wildman–Crippen LogP) is 3.30. The molecule has 1 N–H and O–H groups in total. The van der Waals surface area contributed by atoms with Gasteiger partial charge in [-0.15, -0.1) is 11.3 Å². The van der Waals surface area contributed by atoms with Gasteiger partial charge in [0.25, 0.3) is 0 Å². The molecule has 0 aliphatic carbocycles. The molecule has 0 radical (unpaired) electrons. The molecule has 0 amide bonds. The number of aliphatic hydroxyl groups excluding tert-OH is 1. The first-order chi connectivity index (χ1) is 7.20. The van der Waals surface area contributed by atoms with Crippen molar-refractivity contribution in [1.82, 2.24) is 4.98 Å². The Bertz CT molecular complexity index is 469. The fourth-order valence-electron chi connectivity index (χ4n) is 1.43. The van der Waals surface area contributed by atoms with Crippen LogP contribution in [0, 0.1) is 6.92 Å². The number of hydrogen-bond acceptors (Lipinski definition) is 3. The number of hydrogen-bond donors (Lipinski definition) is 1. The summed E-state index contributed by atoms with van der Waals surface area (Å²) >= 11 is 4.97. The zero-order chi connectivity index (χ0) is 10.8. The first-order valence-electron chi connectivity index (χ1n) is 4.51. The van der Waals surface area contributed by atoms with Gasteiger partial charge >= 0.3 is 0 Å². The van der Waals surface area contributed by atoms with Gasteiger partial charge < -0.3 is 5.11 Å². The van der Waals surface area contributed by atoms with Gasteiger partial charge in [0.2, 0.25) is 0 Å². The number of nitrogens with zero attached hydrogens (tertiary/aromatic N) is 1. The lowest BCUT2D eigenvalue weighted by Gasteiger charge is -2.12. The number of aromatic nitrogens is 1. The molecule has 4 heteroatoms. The second-order valence-electron chi connectivity index (χ2n) is 3.27. The van der Waals surface area contributed by atoms with Gasteiger partial charge in [-0.05, 0) is 51.5 Å². The van der Waals surface area contributed by atoms with E-state index in [1.807, 2.05) is 24.4 Å². The molecular weight excluding hydrogens is 274 g/mol. The smallest absolute Gasteiger partial charge is 0.115 e. The van der Waals surface area contributed by atoms with Crippen LogP contribution in [0.3, 0.4) is 0 Å². The molecule has 0 saturated carbocycles. The highest BCUT2D eigenvalue weighted by atomic mass is 79.9. The molecule has 0 fully saturated rings. The van der Waals surface area contributed by atoms with Crippen molar-refractivity contribution in [1.29, 1.82) is 0 Å². The van der Waals surface area contributed by atoms with Gasteiger partial charge in [-0.3, -0.25) is 4.98 Å². The summed E-state index contributed by atoms with van der Waals surface area (Å²) in [7, 11) is 0. The van der Waals surface area contributed by atoms with E-state index in [-0.39, 0.29) is 0 Å². The van der Waals surface area contributed by atoms with Crippen LogP contribution in [0.5, 0.6) is 0 Å². The van der Waals surface area contributed by atoms with E-state index in [0.717, 1.165) is 20.5 Å². The van der Waals surface area contributed by atoms with Crippen LogP contribution >= 0.6 is 27.3 Å². The molecule has 0 aliphatic rings. The first-order valence-corrected chi connectivity index (χ1v) is 6.19. The molecular formula is C11H10BrNOS. The highest BCUT2D eigenvalue weighted by Gasteiger charge is 2.16. The van der Waals surface area contributed by atoms with Crippen molar-refractivity contribution in [3.05, 3.63) is 50.4 Å². The van der Waals surface area contributed by atoms with Crippen LogP contribution in [0.4, 0.5) is 0 Å². The SMILES string of the molecule is Cc1cnccc1C(O)c1sccc1Br. The highest BCUT2D eigenvalue weighted by Crippen LogP contribution is 2.33. The lowest BCUT2D eigenvalue weighted by atomic mass is 10.1. The summed E-state index contributed by atoms with van der Waals surface area (Å²) in [6, 6.07) is 3.80. The van der Waals surface area contributed by atoms with Crippen molar-refractivity contribution in [2.24, 2.45) is 0 Å². The Morgan fingerprint density at radius 2 is 2.27 bits per heavy atom. The summed E-state index contributed by atoms with van der Waals surface area (Å²) < 4.78 is 0.955. The molecule has 78 valence electrons. The summed E-state index contributed by atoms with van der Waals surface area (Å²) in [4.78, 5) is 4.95. The van der Waals surface area contributed by atoms with Crippen LogP contribution in [0.15, 0.2) is 34.4 Å². The van der Waals surface area contributed by atoms with Crippen LogP contribution in [0.1, 0.15) is 22.1 Å². The van der Waals surface area contributed by atoms with E-state index in [0.29, 0.717) is 0 Å². The van der Waals surface area contributed by atoms with E-state index in [1.54, 1.807) is 23.7 Å². The first kappa shape index (κ1) is 10.8. The minimum atomic E-state index is -0.567. The van der Waals surface area contributed by atoms with E-state index in [4.69, 9.17) is 0 Å². The topological polar surface area (TPSA) is 33.1 Å². The molecule has 2 aromatic rings. The van der Waals surface area contributed by atoms with Crippen molar-refractivity contribution in [2.45, 2.75) is 13.0 Å². The van der Waals surface area contributed by atoms with E-state index in [9.17, 15) is 5.11 Å². The molecule has 2 rings (SSSR count). The largest absolute Gasteiger partial charge is 0.383 e. The molecule has 2 aromatic heterocycles. The molecule has 0 aliphatic heterocycles. The quantitative estimate of drug-likeness (QED) is 0.918. The molecule has 0 saturated heterocycles. The molecule has 1 unspecified atom stereocenters. The summed E-state index contributed by atoms with van der Waals surface area (Å²) in [6.07, 6.45) is 2.90. The summed E-state index contributed by atoms with van der Waals surface area (Å²) in [5.41, 5.74) is 1.92. The molecule has 0 aromatic carbocycles. The van der Waals surface area contributed by atoms with Crippen LogP contribution < -0.4 is 0 Å². The Morgan fingerprint density at radius 3 is 2.87 bits per heavy atom. The highest BCUT2D eigenvalue weighted by molar-refractivity contribution is 9.10. The Hall–Kier alpha value is -0.710. The summed E-state index contributed by atoms with van der Waals surface area (Å²) in [6.45, 7) is 1.95. The van der Waals surface area contributed by atoms with Gasteiger partial charge in [0.1, 0.15) is 6.10 Å². The lowest BCUT2D eigenvalue weighted by molar-refractivity contribution is 0.222. The van der Waals surface area contributed by atoms with E-state index in [1.165, 1.54) is 0 Å². The normalized spacial score (nSPS) is 12.7. The Kier molecular flexibility index (Phi) is 3.19. The van der Waals surface area contributed by atoms with Crippen molar-refractivity contribution in [2.75, 3.05) is 0 Å². The number of thiophene rings is 1. The number of rotatable bonds is 2. The van der Waals surface area contributed by atoms with E-state index < -0.39 is 6.10 Å². The van der Waals surface area contributed by atoms with Crippen molar-refractivity contribution in [3.8, 4) is 0 Å². The second kappa shape index (κ2) is 4.43. The summed E-state index contributed by atoms with van der Waals surface area (Å²) in [5.74, 6) is 0. The van der Waals surface area contributed by atoms with Gasteiger partial charge in [0.05, 0.1) is 4.88 Å². The minimum absolute atomic E-state index is 0.567. The third kappa shape index (κ3) is 2.12. The van der Waals surface area contributed by atoms with Crippen LogP contribution in [0.25, 0.3) is 0 Å². The zero-order valence-corrected chi connectivity index (χ0v) is 10.5. The average molecular weight is 284 g/mol. The molecule has 2 heterocycles. The fraction of sp³-hybridized carbons (Fsp3) is 0.182. The van der Waals surface area contributed by atoms with Crippen molar-refractivity contribution < 1.29 is 5.11 Å². The predicted molar refractivity (Wildman–Crippen MR) is 65.1 cm³/mol. The Morgan fingerprint density at radius 1 is 1.47 bits per heavy atom. The number of halogens is 1. The lowest BCUT2D eigenvalue weighted by Crippen LogP contribution is -2.00. The average Bonchev–Trinajstić information content (AvgIpc) is 2.64. The molecule has 0 bridgehead atoms. The van der Waals surface area contributed by atoms with Crippen LogP contribution in [-0.2, 0) is 0 Å². The zero-order valence-electron chi connectivity index (χ0n) is 8.14. The monoisotopic (exact) mass is 283 g/mol. The van der Waals surface area contributed by atoms with Gasteiger partial charge in [0, 0.05) is 16.9 Å². The van der Waals surface area contributed by atoms with Gasteiger partial charge in [-0.25, -0.2) is 0 Å². The number of aliphatic hydroxyl groups is 1. The third-order valence-corrected chi connectivity index (χ3v) is 4.17. The van der Waals surface area contributed by atoms with Crippen LogP contribution in [-0.4, -0.2) is 10.1 Å².